The molecule has 4 aromatic rings. The lowest BCUT2D eigenvalue weighted by atomic mass is 9.94. The number of carbonyl (C=O) groups excluding carboxylic acids is 1. The number of anilines is 1. The molecule has 3 N–H and O–H groups in total. The molecule has 3 aromatic carbocycles. The Hall–Kier alpha value is -4.16. The molecule has 0 radical (unpaired) electrons. The minimum Gasteiger partial charge on any atom is -0.481 e. The molecule has 0 saturated heterocycles. The maximum Gasteiger partial charge on any atom is 0.303 e. The Balaban J connectivity index is 1.87. The van der Waals surface area contributed by atoms with Crippen molar-refractivity contribution in [1.29, 1.82) is 0 Å². The third kappa shape index (κ3) is 6.88. The van der Waals surface area contributed by atoms with Crippen LogP contribution in [-0.4, -0.2) is 32.8 Å². The van der Waals surface area contributed by atoms with E-state index in [2.05, 4.69) is 23.7 Å². The predicted octanol–water partition coefficient (Wildman–Crippen LogP) is 7.45. The third-order valence-electron chi connectivity index (χ3n) is 7.10. The highest BCUT2D eigenvalue weighted by molar-refractivity contribution is 6.12. The fourth-order valence-corrected chi connectivity index (χ4v) is 5.44. The number of nitrogens with one attached hydrogen (secondary N) is 1. The molecule has 0 bridgehead atoms. The molecule has 0 spiro atoms. The molecule has 0 saturated carbocycles. The van der Waals surface area contributed by atoms with E-state index < -0.39 is 12.1 Å². The number of hydrogen-bond acceptors (Lipinski definition) is 3. The summed E-state index contributed by atoms with van der Waals surface area (Å²) in [5.74, 6) is -1.16. The van der Waals surface area contributed by atoms with Crippen molar-refractivity contribution in [2.45, 2.75) is 58.6 Å². The minimum absolute atomic E-state index is 0.0134. The van der Waals surface area contributed by atoms with E-state index in [1.807, 2.05) is 97.9 Å². The van der Waals surface area contributed by atoms with Crippen LogP contribution in [0.15, 0.2) is 91.0 Å². The number of amides is 1. The summed E-state index contributed by atoms with van der Waals surface area (Å²) >= 11 is 0. The fourth-order valence-electron chi connectivity index (χ4n) is 5.44. The monoisotopic (exact) mass is 538 g/mol. The van der Waals surface area contributed by atoms with Crippen LogP contribution in [0.2, 0.25) is 0 Å². The number of para-hydroxylation sites is 1. The van der Waals surface area contributed by atoms with Crippen molar-refractivity contribution in [3.8, 4) is 22.4 Å². The third-order valence-corrected chi connectivity index (χ3v) is 7.10. The number of aliphatic hydroxyl groups is 1. The maximum atomic E-state index is 14.1. The average Bonchev–Trinajstić information content (AvgIpc) is 3.28. The average molecular weight is 539 g/mol. The minimum atomic E-state index is -0.861. The molecule has 0 aliphatic rings. The summed E-state index contributed by atoms with van der Waals surface area (Å²) in [4.78, 5) is 25.2. The number of benzene rings is 3. The number of hydrogen-bond donors (Lipinski definition) is 3. The van der Waals surface area contributed by atoms with Gasteiger partial charge in [-0.15, -0.1) is 0 Å². The van der Waals surface area contributed by atoms with Crippen molar-refractivity contribution in [2.24, 2.45) is 5.92 Å². The number of aliphatic hydroxyl groups excluding tert-OH is 1. The highest BCUT2D eigenvalue weighted by Crippen LogP contribution is 2.42. The molecule has 0 aliphatic carbocycles. The number of rotatable bonds is 12. The summed E-state index contributed by atoms with van der Waals surface area (Å²) in [7, 11) is 0. The molecular formula is C34H38N2O4. The number of carbonyl (C=O) groups is 2. The van der Waals surface area contributed by atoms with Gasteiger partial charge < -0.3 is 20.1 Å². The smallest absolute Gasteiger partial charge is 0.303 e. The highest BCUT2D eigenvalue weighted by Gasteiger charge is 2.30. The van der Waals surface area contributed by atoms with Crippen LogP contribution in [-0.2, 0) is 11.3 Å². The SMILES string of the molecule is CC(C)c1c(C(=O)Nc2ccccc2)c(-c2ccccc2)c(-c2ccccc2)n1CC[C@@H](O)C[C@@H](C)CC(=O)O. The Morgan fingerprint density at radius 2 is 1.38 bits per heavy atom. The zero-order valence-electron chi connectivity index (χ0n) is 23.4. The van der Waals surface area contributed by atoms with Crippen molar-refractivity contribution >= 4 is 17.6 Å². The van der Waals surface area contributed by atoms with Gasteiger partial charge in [0.2, 0.25) is 0 Å². The molecular weight excluding hydrogens is 500 g/mol. The first kappa shape index (κ1) is 28.8. The number of carboxylic acid groups (broad SMARTS) is 1. The van der Waals surface area contributed by atoms with Crippen molar-refractivity contribution in [1.82, 2.24) is 4.57 Å². The molecule has 1 amide bonds. The standard InChI is InChI=1S/C34H38N2O4/c1-23(2)32-31(34(40)35-27-17-11-6-12-18-27)30(25-13-7-4-8-14-25)33(26-15-9-5-10-16-26)36(32)20-19-28(37)21-24(3)22-29(38)39/h4-18,23-24,28,37H,19-22H2,1-3H3,(H,35,40)(H,38,39)/t24-,28-/m1/s1. The molecule has 1 heterocycles. The second-order valence-electron chi connectivity index (χ2n) is 10.7. The normalized spacial score (nSPS) is 12.7. The number of carboxylic acids is 1. The van der Waals surface area contributed by atoms with Crippen LogP contribution in [0.5, 0.6) is 0 Å². The molecule has 40 heavy (non-hydrogen) atoms. The van der Waals surface area contributed by atoms with Crippen LogP contribution in [0.3, 0.4) is 0 Å². The van der Waals surface area contributed by atoms with E-state index in [1.165, 1.54) is 0 Å². The van der Waals surface area contributed by atoms with E-state index in [9.17, 15) is 14.7 Å². The van der Waals surface area contributed by atoms with Crippen molar-refractivity contribution < 1.29 is 19.8 Å². The van der Waals surface area contributed by atoms with E-state index in [-0.39, 0.29) is 24.2 Å². The van der Waals surface area contributed by atoms with E-state index in [1.54, 1.807) is 0 Å². The molecule has 0 aliphatic heterocycles. The van der Waals surface area contributed by atoms with Crippen LogP contribution in [0.4, 0.5) is 5.69 Å². The Morgan fingerprint density at radius 1 is 0.825 bits per heavy atom. The van der Waals surface area contributed by atoms with Gasteiger partial charge in [0, 0.05) is 29.9 Å². The van der Waals surface area contributed by atoms with Gasteiger partial charge in [0.1, 0.15) is 0 Å². The summed E-state index contributed by atoms with van der Waals surface area (Å²) in [6.07, 6.45) is 0.196. The van der Waals surface area contributed by atoms with Gasteiger partial charge in [-0.2, -0.15) is 0 Å². The predicted molar refractivity (Wildman–Crippen MR) is 160 cm³/mol. The van der Waals surface area contributed by atoms with Crippen LogP contribution in [0.1, 0.15) is 62.0 Å². The second kappa shape index (κ2) is 13.3. The maximum absolute atomic E-state index is 14.1. The summed E-state index contributed by atoms with van der Waals surface area (Å²) in [5, 5.41) is 23.1. The van der Waals surface area contributed by atoms with Gasteiger partial charge in [-0.25, -0.2) is 0 Å². The molecule has 6 heteroatoms. The number of aromatic nitrogens is 1. The quantitative estimate of drug-likeness (QED) is 0.175. The lowest BCUT2D eigenvalue weighted by Crippen LogP contribution is -2.19. The van der Waals surface area contributed by atoms with Gasteiger partial charge in [-0.05, 0) is 47.9 Å². The Bertz CT molecular complexity index is 1410. The fraction of sp³-hybridized carbons (Fsp3) is 0.294. The molecule has 1 aromatic heterocycles. The number of aliphatic carboxylic acids is 1. The van der Waals surface area contributed by atoms with Gasteiger partial charge in [0.25, 0.3) is 5.91 Å². The molecule has 0 unspecified atom stereocenters. The lowest BCUT2D eigenvalue weighted by Gasteiger charge is -2.20. The van der Waals surface area contributed by atoms with Gasteiger partial charge in [0.15, 0.2) is 0 Å². The van der Waals surface area contributed by atoms with Crippen LogP contribution < -0.4 is 5.32 Å². The molecule has 0 fully saturated rings. The second-order valence-corrected chi connectivity index (χ2v) is 10.7. The van der Waals surface area contributed by atoms with Crippen LogP contribution in [0, 0.1) is 5.92 Å². The van der Waals surface area contributed by atoms with E-state index >= 15 is 0 Å². The summed E-state index contributed by atoms with van der Waals surface area (Å²) in [6.45, 7) is 6.50. The zero-order chi connectivity index (χ0) is 28.6. The first-order valence-electron chi connectivity index (χ1n) is 13.9. The largest absolute Gasteiger partial charge is 0.481 e. The number of nitrogens with zero attached hydrogens (tertiary/aromatic N) is 1. The summed E-state index contributed by atoms with van der Waals surface area (Å²) in [6, 6.07) is 29.5. The van der Waals surface area contributed by atoms with E-state index in [0.29, 0.717) is 24.9 Å². The van der Waals surface area contributed by atoms with E-state index in [0.717, 1.165) is 33.8 Å². The molecule has 2 atom stereocenters. The first-order chi connectivity index (χ1) is 19.3. The Morgan fingerprint density at radius 3 is 1.93 bits per heavy atom. The van der Waals surface area contributed by atoms with Gasteiger partial charge in [-0.1, -0.05) is 99.6 Å². The van der Waals surface area contributed by atoms with Crippen LogP contribution in [0.25, 0.3) is 22.4 Å². The summed E-state index contributed by atoms with van der Waals surface area (Å²) < 4.78 is 2.19. The van der Waals surface area contributed by atoms with Gasteiger partial charge in [0.05, 0.1) is 17.4 Å². The van der Waals surface area contributed by atoms with Crippen molar-refractivity contribution in [2.75, 3.05) is 5.32 Å². The first-order valence-corrected chi connectivity index (χ1v) is 13.9. The molecule has 4 rings (SSSR count). The van der Waals surface area contributed by atoms with E-state index in [4.69, 9.17) is 5.11 Å². The van der Waals surface area contributed by atoms with Crippen LogP contribution >= 0.6 is 0 Å². The highest BCUT2D eigenvalue weighted by atomic mass is 16.4. The Kier molecular flexibility index (Phi) is 9.56. The van der Waals surface area contributed by atoms with Gasteiger partial charge in [-0.3, -0.25) is 9.59 Å². The van der Waals surface area contributed by atoms with Crippen molar-refractivity contribution in [3.05, 3.63) is 102 Å². The topological polar surface area (TPSA) is 91.6 Å². The summed E-state index contributed by atoms with van der Waals surface area (Å²) in [5.41, 5.74) is 5.95. The molecule has 208 valence electrons. The zero-order valence-corrected chi connectivity index (χ0v) is 23.4. The van der Waals surface area contributed by atoms with Gasteiger partial charge >= 0.3 is 5.97 Å². The lowest BCUT2D eigenvalue weighted by molar-refractivity contribution is -0.138. The van der Waals surface area contributed by atoms with Crippen molar-refractivity contribution in [3.63, 3.8) is 0 Å². The Labute approximate surface area is 236 Å². The molecule has 6 nitrogen and oxygen atoms in total.